The minimum atomic E-state index is -2.85. The van der Waals surface area contributed by atoms with Crippen molar-refractivity contribution in [2.45, 2.75) is 21.2 Å². The van der Waals surface area contributed by atoms with Crippen LogP contribution in [0.4, 0.5) is 0 Å². The Bertz CT molecular complexity index is 438. The predicted molar refractivity (Wildman–Crippen MR) is 71.4 cm³/mol. The first kappa shape index (κ1) is 17.9. The van der Waals surface area contributed by atoms with Gasteiger partial charge in [0, 0.05) is 0 Å². The summed E-state index contributed by atoms with van der Waals surface area (Å²) in [5, 5.41) is 33.4. The molecule has 0 fully saturated rings. The Morgan fingerprint density at radius 1 is 0.947 bits per heavy atom. The van der Waals surface area contributed by atoms with Crippen molar-refractivity contribution >= 4 is 61.8 Å². The summed E-state index contributed by atoms with van der Waals surface area (Å²) in [7, 11) is 0. The van der Waals surface area contributed by atoms with Gasteiger partial charge in [-0.15, -0.1) is 0 Å². The van der Waals surface area contributed by atoms with Crippen LogP contribution in [0, 0.1) is 0 Å². The van der Waals surface area contributed by atoms with Gasteiger partial charge in [0.05, 0.1) is 6.42 Å². The Balaban J connectivity index is 6.08. The van der Waals surface area contributed by atoms with E-state index in [0.29, 0.717) is 0 Å². The van der Waals surface area contributed by atoms with E-state index in [1.165, 1.54) is 0 Å². The average molecular weight is 330 g/mol. The van der Waals surface area contributed by atoms with Crippen molar-refractivity contribution in [3.05, 3.63) is 0 Å². The second kappa shape index (κ2) is 5.92. The molecule has 0 spiro atoms. The van der Waals surface area contributed by atoms with Gasteiger partial charge >= 0.3 is 23.9 Å². The molecule has 0 aromatic carbocycles. The number of carboxylic acid groups (broad SMARTS) is 4. The highest BCUT2D eigenvalue weighted by Gasteiger charge is 2.64. The third kappa shape index (κ3) is 3.09. The molecule has 108 valence electrons. The van der Waals surface area contributed by atoms with E-state index in [4.69, 9.17) is 20.4 Å². The number of aliphatic carboxylic acids is 4. The topological polar surface area (TPSA) is 149 Å². The lowest BCUT2D eigenvalue weighted by atomic mass is 9.84. The van der Waals surface area contributed by atoms with E-state index in [2.05, 4.69) is 37.9 Å². The fraction of sp³-hybridized carbons (Fsp3) is 0.500. The number of carboxylic acids is 4. The molecule has 0 aromatic heterocycles. The molecule has 0 aliphatic carbocycles. The number of thiol groups is 3. The molecule has 4 N–H and O–H groups in total. The minimum absolute atomic E-state index is 1.26. The molecule has 0 saturated carbocycles. The quantitative estimate of drug-likeness (QED) is 0.304. The molecule has 0 radical (unpaired) electrons. The molecule has 0 aromatic rings. The van der Waals surface area contributed by atoms with E-state index in [9.17, 15) is 19.2 Å². The zero-order chi connectivity index (χ0) is 15.6. The molecule has 8 nitrogen and oxygen atoms in total. The summed E-state index contributed by atoms with van der Waals surface area (Å²) in [5.41, 5.74) is 0. The van der Waals surface area contributed by atoms with Crippen LogP contribution >= 0.6 is 37.9 Å². The summed E-state index contributed by atoms with van der Waals surface area (Å²) in [6.07, 6.45) is -1.26. The second-order valence-electron chi connectivity index (χ2n) is 3.55. The SMILES string of the molecule is O=C(O)CC(S)(C(=O)O)C(S)(C(=O)O)C(S)C(=O)O. The van der Waals surface area contributed by atoms with Crippen molar-refractivity contribution < 1.29 is 39.6 Å². The molecular weight excluding hydrogens is 320 g/mol. The van der Waals surface area contributed by atoms with E-state index < -0.39 is 45.0 Å². The van der Waals surface area contributed by atoms with Crippen LogP contribution in [0.15, 0.2) is 0 Å². The van der Waals surface area contributed by atoms with Crippen molar-refractivity contribution in [3.63, 3.8) is 0 Å². The van der Waals surface area contributed by atoms with Gasteiger partial charge in [-0.1, -0.05) is 0 Å². The minimum Gasteiger partial charge on any atom is -0.481 e. The van der Waals surface area contributed by atoms with Gasteiger partial charge in [0.1, 0.15) is 10.00 Å². The molecule has 0 aliphatic rings. The first-order chi connectivity index (χ1) is 8.41. The number of hydrogen-bond acceptors (Lipinski definition) is 7. The van der Waals surface area contributed by atoms with E-state index in [1.807, 2.05) is 0 Å². The molecule has 19 heavy (non-hydrogen) atoms. The van der Waals surface area contributed by atoms with Gasteiger partial charge in [-0.05, 0) is 0 Å². The Morgan fingerprint density at radius 3 is 1.58 bits per heavy atom. The first-order valence-electron chi connectivity index (χ1n) is 4.45. The smallest absolute Gasteiger partial charge is 0.323 e. The zero-order valence-electron chi connectivity index (χ0n) is 9.05. The number of carbonyl (C=O) groups is 4. The van der Waals surface area contributed by atoms with Crippen molar-refractivity contribution in [1.29, 1.82) is 0 Å². The van der Waals surface area contributed by atoms with E-state index in [1.54, 1.807) is 0 Å². The van der Waals surface area contributed by atoms with E-state index >= 15 is 0 Å². The normalized spacial score (nSPS) is 18.7. The van der Waals surface area contributed by atoms with Crippen molar-refractivity contribution in [2.75, 3.05) is 0 Å². The van der Waals surface area contributed by atoms with Gasteiger partial charge in [0.2, 0.25) is 0 Å². The molecule has 11 heteroatoms. The molecular formula is C8H10O8S3. The van der Waals surface area contributed by atoms with Gasteiger partial charge in [0.15, 0.2) is 4.75 Å². The van der Waals surface area contributed by atoms with Crippen LogP contribution in [0.5, 0.6) is 0 Å². The highest BCUT2D eigenvalue weighted by atomic mass is 32.1. The number of hydrogen-bond donors (Lipinski definition) is 7. The van der Waals surface area contributed by atoms with Crippen LogP contribution in [-0.2, 0) is 19.2 Å². The van der Waals surface area contributed by atoms with Crippen molar-refractivity contribution in [1.82, 2.24) is 0 Å². The standard InChI is InChI=1S/C8H10O8S3/c9-2(10)1-7(18,5(13)14)8(19,6(15)16)3(17)4(11)12/h3,17-19H,1H2,(H,9,10)(H,11,12)(H,13,14)(H,15,16). The number of rotatable bonds is 7. The lowest BCUT2D eigenvalue weighted by molar-refractivity contribution is -0.154. The second-order valence-corrected chi connectivity index (χ2v) is 5.53. The third-order valence-corrected chi connectivity index (χ3v) is 4.87. The molecule has 0 amide bonds. The zero-order valence-corrected chi connectivity index (χ0v) is 11.7. The fourth-order valence-corrected chi connectivity index (χ4v) is 2.37. The monoisotopic (exact) mass is 330 g/mol. The van der Waals surface area contributed by atoms with Gasteiger partial charge in [-0.25, -0.2) is 0 Å². The summed E-state index contributed by atoms with van der Waals surface area (Å²) >= 11 is 10.6. The maximum Gasteiger partial charge on any atom is 0.323 e. The van der Waals surface area contributed by atoms with Crippen molar-refractivity contribution in [2.24, 2.45) is 0 Å². The molecule has 3 unspecified atom stereocenters. The molecule has 0 aliphatic heterocycles. The molecule has 0 heterocycles. The van der Waals surface area contributed by atoms with Crippen LogP contribution in [0.3, 0.4) is 0 Å². The average Bonchev–Trinajstić information content (AvgIpc) is 2.24. The Kier molecular flexibility index (Phi) is 5.59. The lowest BCUT2D eigenvalue weighted by Gasteiger charge is -2.39. The summed E-state index contributed by atoms with van der Waals surface area (Å²) < 4.78 is -5.63. The maximum atomic E-state index is 11.2. The van der Waals surface area contributed by atoms with Gasteiger partial charge in [-0.2, -0.15) is 37.9 Å². The molecule has 3 atom stereocenters. The summed E-state index contributed by atoms with van der Waals surface area (Å²) in [6, 6.07) is 0. The van der Waals surface area contributed by atoms with Crippen LogP contribution in [-0.4, -0.2) is 59.0 Å². The summed E-state index contributed by atoms with van der Waals surface area (Å²) in [5.74, 6) is -7.35. The maximum absolute atomic E-state index is 11.2. The molecule has 0 saturated heterocycles. The Labute approximate surface area is 123 Å². The Hall–Kier alpha value is -1.07. The first-order valence-corrected chi connectivity index (χ1v) is 5.86. The van der Waals surface area contributed by atoms with Crippen molar-refractivity contribution in [3.8, 4) is 0 Å². The fourth-order valence-electron chi connectivity index (χ4n) is 1.29. The highest BCUT2D eigenvalue weighted by Crippen LogP contribution is 2.43. The van der Waals surface area contributed by atoms with Crippen LogP contribution in [0.2, 0.25) is 0 Å². The van der Waals surface area contributed by atoms with Gasteiger partial charge in [-0.3, -0.25) is 19.2 Å². The highest BCUT2D eigenvalue weighted by molar-refractivity contribution is 7.90. The predicted octanol–water partition coefficient (Wildman–Crippen LogP) is -0.649. The summed E-state index contributed by atoms with van der Waals surface area (Å²) in [4.78, 5) is 43.9. The van der Waals surface area contributed by atoms with Crippen LogP contribution in [0.25, 0.3) is 0 Å². The van der Waals surface area contributed by atoms with Crippen LogP contribution in [0.1, 0.15) is 6.42 Å². The van der Waals surface area contributed by atoms with E-state index in [-0.39, 0.29) is 0 Å². The molecule has 0 rings (SSSR count). The Morgan fingerprint density at radius 2 is 1.37 bits per heavy atom. The summed E-state index contributed by atoms with van der Waals surface area (Å²) in [6.45, 7) is 0. The molecule has 0 bridgehead atoms. The van der Waals surface area contributed by atoms with Gasteiger partial charge < -0.3 is 20.4 Å². The lowest BCUT2D eigenvalue weighted by Crippen LogP contribution is -2.64. The third-order valence-electron chi connectivity index (χ3n) is 2.35. The van der Waals surface area contributed by atoms with Gasteiger partial charge in [0.25, 0.3) is 0 Å². The van der Waals surface area contributed by atoms with E-state index in [0.717, 1.165) is 0 Å². The van der Waals surface area contributed by atoms with Crippen LogP contribution < -0.4 is 0 Å². The largest absolute Gasteiger partial charge is 0.481 e.